The van der Waals surface area contributed by atoms with E-state index in [4.69, 9.17) is 13.9 Å². The number of likely N-dealkylation sites (tertiary alicyclic amines) is 1. The molecule has 2 aliphatic heterocycles. The molecule has 2 aliphatic rings. The van der Waals surface area contributed by atoms with Crippen LogP contribution in [0.1, 0.15) is 24.4 Å². The molecule has 1 saturated heterocycles. The predicted molar refractivity (Wildman–Crippen MR) is 114 cm³/mol. The monoisotopic (exact) mass is 440 g/mol. The first kappa shape index (κ1) is 19.9. The highest BCUT2D eigenvalue weighted by Crippen LogP contribution is 2.38. The molecule has 6 nitrogen and oxygen atoms in total. The zero-order chi connectivity index (χ0) is 21.2. The van der Waals surface area contributed by atoms with E-state index >= 15 is 0 Å². The van der Waals surface area contributed by atoms with Crippen molar-refractivity contribution in [3.8, 4) is 22.8 Å². The van der Waals surface area contributed by atoms with E-state index in [-0.39, 0.29) is 23.5 Å². The van der Waals surface area contributed by atoms with Crippen LogP contribution in [0, 0.1) is 5.82 Å². The number of nitrogens with zero attached hydrogens (tertiary/aromatic N) is 2. The Balaban J connectivity index is 1.23. The number of halogens is 1. The Labute approximate surface area is 183 Å². The van der Waals surface area contributed by atoms with Gasteiger partial charge in [0.25, 0.3) is 5.22 Å². The first-order chi connectivity index (χ1) is 15.2. The van der Waals surface area contributed by atoms with Crippen LogP contribution in [-0.2, 0) is 4.79 Å². The smallest absolute Gasteiger partial charge is 0.256 e. The van der Waals surface area contributed by atoms with Gasteiger partial charge in [0.05, 0.1) is 18.0 Å². The summed E-state index contributed by atoms with van der Waals surface area (Å²) in [6.07, 6.45) is 3.47. The number of hydrogen-bond acceptors (Lipinski definition) is 6. The second-order valence-electron chi connectivity index (χ2n) is 7.43. The van der Waals surface area contributed by atoms with Crippen molar-refractivity contribution in [3.63, 3.8) is 0 Å². The van der Waals surface area contributed by atoms with Crippen LogP contribution in [0.4, 0.5) is 4.39 Å². The van der Waals surface area contributed by atoms with Gasteiger partial charge in [0.15, 0.2) is 17.3 Å². The molecule has 1 amide bonds. The molecule has 1 unspecified atom stereocenters. The lowest BCUT2D eigenvalue weighted by molar-refractivity contribution is -0.129. The highest BCUT2D eigenvalue weighted by atomic mass is 32.2. The number of aromatic nitrogens is 1. The molecule has 0 bridgehead atoms. The third-order valence-electron chi connectivity index (χ3n) is 5.46. The summed E-state index contributed by atoms with van der Waals surface area (Å²) in [7, 11) is 0. The fourth-order valence-electron chi connectivity index (χ4n) is 3.96. The van der Waals surface area contributed by atoms with Gasteiger partial charge in [0.1, 0.15) is 19.0 Å². The van der Waals surface area contributed by atoms with Crippen LogP contribution in [0.2, 0.25) is 0 Å². The van der Waals surface area contributed by atoms with Gasteiger partial charge >= 0.3 is 0 Å². The molecular weight excluding hydrogens is 419 g/mol. The quantitative estimate of drug-likeness (QED) is 0.536. The van der Waals surface area contributed by atoms with Crippen LogP contribution < -0.4 is 9.47 Å². The minimum absolute atomic E-state index is 0.0308. The SMILES string of the molecule is O=C(CSc1ncc(-c2ccc(F)cc2)o1)N1CCCC1c1ccc2c(c1)OCCO2. The highest BCUT2D eigenvalue weighted by molar-refractivity contribution is 7.99. The van der Waals surface area contributed by atoms with Crippen LogP contribution in [0.25, 0.3) is 11.3 Å². The lowest BCUT2D eigenvalue weighted by Crippen LogP contribution is -2.32. The molecule has 8 heteroatoms. The Kier molecular flexibility index (Phi) is 5.55. The van der Waals surface area contributed by atoms with Crippen LogP contribution in [0.15, 0.2) is 58.3 Å². The summed E-state index contributed by atoms with van der Waals surface area (Å²) in [5, 5.41) is 0.419. The molecule has 0 radical (unpaired) electrons. The molecule has 160 valence electrons. The van der Waals surface area contributed by atoms with E-state index in [0.29, 0.717) is 24.2 Å². The van der Waals surface area contributed by atoms with E-state index < -0.39 is 0 Å². The number of hydrogen-bond donors (Lipinski definition) is 0. The van der Waals surface area contributed by atoms with E-state index in [9.17, 15) is 9.18 Å². The maximum atomic E-state index is 13.1. The molecule has 0 N–H and O–H groups in total. The fourth-order valence-corrected chi connectivity index (χ4v) is 4.65. The Morgan fingerprint density at radius 3 is 2.77 bits per heavy atom. The number of fused-ring (bicyclic) bond motifs is 1. The molecule has 1 atom stereocenters. The topological polar surface area (TPSA) is 64.8 Å². The van der Waals surface area contributed by atoms with Gasteiger partial charge < -0.3 is 18.8 Å². The molecule has 5 rings (SSSR count). The Hall–Kier alpha value is -3.00. The number of ether oxygens (including phenoxy) is 2. The molecule has 0 aliphatic carbocycles. The lowest BCUT2D eigenvalue weighted by atomic mass is 10.0. The lowest BCUT2D eigenvalue weighted by Gasteiger charge is -2.26. The third-order valence-corrected chi connectivity index (χ3v) is 6.28. The van der Waals surface area contributed by atoms with E-state index in [2.05, 4.69) is 4.98 Å². The van der Waals surface area contributed by atoms with Crippen molar-refractivity contribution in [2.24, 2.45) is 0 Å². The number of thioether (sulfide) groups is 1. The number of carbonyl (C=O) groups is 1. The normalized spacial score (nSPS) is 17.7. The number of carbonyl (C=O) groups excluding carboxylic acids is 1. The average Bonchev–Trinajstić information content (AvgIpc) is 3.48. The molecule has 3 heterocycles. The van der Waals surface area contributed by atoms with Crippen molar-refractivity contribution in [3.05, 3.63) is 60.0 Å². The highest BCUT2D eigenvalue weighted by Gasteiger charge is 2.31. The van der Waals surface area contributed by atoms with Gasteiger partial charge in [-0.1, -0.05) is 17.8 Å². The van der Waals surface area contributed by atoms with Gasteiger partial charge in [-0.2, -0.15) is 0 Å². The van der Waals surface area contributed by atoms with Gasteiger partial charge in [-0.15, -0.1) is 0 Å². The summed E-state index contributed by atoms with van der Waals surface area (Å²) >= 11 is 1.27. The number of oxazole rings is 1. The average molecular weight is 440 g/mol. The first-order valence-electron chi connectivity index (χ1n) is 10.2. The Morgan fingerprint density at radius 2 is 1.94 bits per heavy atom. The molecule has 0 saturated carbocycles. The molecule has 3 aromatic rings. The first-order valence-corrected chi connectivity index (χ1v) is 11.2. The van der Waals surface area contributed by atoms with Crippen LogP contribution >= 0.6 is 11.8 Å². The zero-order valence-electron chi connectivity index (χ0n) is 16.8. The van der Waals surface area contributed by atoms with E-state index in [1.165, 1.54) is 23.9 Å². The molecular formula is C23H21FN2O4S. The largest absolute Gasteiger partial charge is 0.486 e. The fraction of sp³-hybridized carbons (Fsp3) is 0.304. The number of rotatable bonds is 5. The van der Waals surface area contributed by atoms with Gasteiger partial charge in [0, 0.05) is 12.1 Å². The molecule has 1 aromatic heterocycles. The Bertz CT molecular complexity index is 1090. The molecule has 1 fully saturated rings. The zero-order valence-corrected chi connectivity index (χ0v) is 17.6. The maximum absolute atomic E-state index is 13.1. The summed E-state index contributed by atoms with van der Waals surface area (Å²) in [5.74, 6) is 2.02. The molecule has 2 aromatic carbocycles. The second kappa shape index (κ2) is 8.63. The van der Waals surface area contributed by atoms with E-state index in [1.54, 1.807) is 18.3 Å². The molecule has 0 spiro atoms. The number of benzene rings is 2. The van der Waals surface area contributed by atoms with Crippen LogP contribution in [-0.4, -0.2) is 41.3 Å². The van der Waals surface area contributed by atoms with Gasteiger partial charge in [-0.25, -0.2) is 9.37 Å². The van der Waals surface area contributed by atoms with Crippen LogP contribution in [0.5, 0.6) is 11.5 Å². The molecule has 31 heavy (non-hydrogen) atoms. The van der Waals surface area contributed by atoms with Crippen molar-refractivity contribution >= 4 is 17.7 Å². The van der Waals surface area contributed by atoms with Gasteiger partial charge in [-0.05, 0) is 54.8 Å². The summed E-state index contributed by atoms with van der Waals surface area (Å²) in [6.45, 7) is 1.82. The Morgan fingerprint density at radius 1 is 1.13 bits per heavy atom. The van der Waals surface area contributed by atoms with Crippen molar-refractivity contribution in [1.82, 2.24) is 9.88 Å². The summed E-state index contributed by atoms with van der Waals surface area (Å²) < 4.78 is 30.1. The van der Waals surface area contributed by atoms with Crippen molar-refractivity contribution in [2.45, 2.75) is 24.1 Å². The predicted octanol–water partition coefficient (Wildman–Crippen LogP) is 4.71. The maximum Gasteiger partial charge on any atom is 0.256 e. The van der Waals surface area contributed by atoms with Gasteiger partial charge in [-0.3, -0.25) is 4.79 Å². The van der Waals surface area contributed by atoms with Crippen molar-refractivity contribution < 1.29 is 23.1 Å². The standard InChI is InChI=1S/C23H21FN2O4S/c24-17-6-3-15(4-7-17)21-13-25-23(30-21)31-14-22(27)26-9-1-2-18(26)16-5-8-19-20(12-16)29-11-10-28-19/h3-8,12-13,18H,1-2,9-11,14H2. The minimum Gasteiger partial charge on any atom is -0.486 e. The second-order valence-corrected chi connectivity index (χ2v) is 8.36. The summed E-state index contributed by atoms with van der Waals surface area (Å²) in [4.78, 5) is 19.1. The number of amides is 1. The van der Waals surface area contributed by atoms with Crippen molar-refractivity contribution in [2.75, 3.05) is 25.5 Å². The van der Waals surface area contributed by atoms with Crippen LogP contribution in [0.3, 0.4) is 0 Å². The van der Waals surface area contributed by atoms with Crippen molar-refractivity contribution in [1.29, 1.82) is 0 Å². The minimum atomic E-state index is -0.304. The summed E-state index contributed by atoms with van der Waals surface area (Å²) in [6, 6.07) is 12.0. The summed E-state index contributed by atoms with van der Waals surface area (Å²) in [5.41, 5.74) is 1.81. The van der Waals surface area contributed by atoms with Gasteiger partial charge in [0.2, 0.25) is 5.91 Å². The van der Waals surface area contributed by atoms with E-state index in [0.717, 1.165) is 42.0 Å². The third kappa shape index (κ3) is 4.25. The van der Waals surface area contributed by atoms with E-state index in [1.807, 2.05) is 23.1 Å².